The summed E-state index contributed by atoms with van der Waals surface area (Å²) >= 11 is 1.01. The van der Waals surface area contributed by atoms with Gasteiger partial charge in [-0.3, -0.25) is 9.59 Å². The van der Waals surface area contributed by atoms with Gasteiger partial charge < -0.3 is 19.7 Å². The van der Waals surface area contributed by atoms with Gasteiger partial charge in [0, 0.05) is 19.7 Å². The SMILES string of the molecule is COc1ccc(C=C(C#N)C(=O)Nc2sc(C(=O)N(C)C)c(C)c2C#N)cc1COc1ccc(C(C)C)cc1. The van der Waals surface area contributed by atoms with E-state index < -0.39 is 5.91 Å². The van der Waals surface area contributed by atoms with Crippen LogP contribution in [0.15, 0.2) is 48.0 Å². The molecule has 8 nitrogen and oxygen atoms in total. The molecule has 0 bridgehead atoms. The fourth-order valence-corrected chi connectivity index (χ4v) is 4.91. The summed E-state index contributed by atoms with van der Waals surface area (Å²) in [4.78, 5) is 27.2. The van der Waals surface area contributed by atoms with Crippen LogP contribution in [0.25, 0.3) is 6.08 Å². The molecule has 0 aliphatic carbocycles. The van der Waals surface area contributed by atoms with Crippen LogP contribution in [0, 0.1) is 29.6 Å². The van der Waals surface area contributed by atoms with Gasteiger partial charge in [0.15, 0.2) is 0 Å². The lowest BCUT2D eigenvalue weighted by molar-refractivity contribution is -0.112. The number of hydrogen-bond donors (Lipinski definition) is 1. The third-order valence-electron chi connectivity index (χ3n) is 6.01. The Morgan fingerprint density at radius 3 is 2.38 bits per heavy atom. The molecule has 200 valence electrons. The zero-order chi connectivity index (χ0) is 28.7. The van der Waals surface area contributed by atoms with Gasteiger partial charge in [0.25, 0.3) is 11.8 Å². The predicted molar refractivity (Wildman–Crippen MR) is 152 cm³/mol. The number of rotatable bonds is 9. The second-order valence-electron chi connectivity index (χ2n) is 9.28. The molecule has 0 radical (unpaired) electrons. The number of nitrogens with zero attached hydrogens (tertiary/aromatic N) is 3. The summed E-state index contributed by atoms with van der Waals surface area (Å²) in [5.74, 6) is 0.797. The Hall–Kier alpha value is -4.60. The number of ether oxygens (including phenoxy) is 2. The molecule has 2 amide bonds. The number of anilines is 1. The number of nitriles is 2. The first-order valence-corrected chi connectivity index (χ1v) is 13.0. The lowest BCUT2D eigenvalue weighted by Crippen LogP contribution is -2.21. The Balaban J connectivity index is 1.83. The molecule has 0 saturated heterocycles. The highest BCUT2D eigenvalue weighted by atomic mass is 32.1. The van der Waals surface area contributed by atoms with Crippen molar-refractivity contribution in [2.24, 2.45) is 0 Å². The first-order valence-electron chi connectivity index (χ1n) is 12.2. The summed E-state index contributed by atoms with van der Waals surface area (Å²) in [5.41, 5.74) is 3.08. The zero-order valence-electron chi connectivity index (χ0n) is 22.8. The van der Waals surface area contributed by atoms with Gasteiger partial charge in [-0.2, -0.15) is 10.5 Å². The molecule has 0 fully saturated rings. The van der Waals surface area contributed by atoms with E-state index >= 15 is 0 Å². The van der Waals surface area contributed by atoms with Gasteiger partial charge in [0.1, 0.15) is 40.8 Å². The van der Waals surface area contributed by atoms with Crippen LogP contribution in [0.1, 0.15) is 57.3 Å². The molecule has 1 N–H and O–H groups in total. The quantitative estimate of drug-likeness (QED) is 0.266. The Morgan fingerprint density at radius 1 is 1.13 bits per heavy atom. The summed E-state index contributed by atoms with van der Waals surface area (Å²) in [6, 6.07) is 17.1. The van der Waals surface area contributed by atoms with E-state index in [0.717, 1.165) is 16.9 Å². The van der Waals surface area contributed by atoms with Gasteiger partial charge in [-0.1, -0.05) is 32.0 Å². The second-order valence-corrected chi connectivity index (χ2v) is 10.3. The number of nitrogens with one attached hydrogen (secondary N) is 1. The first kappa shape index (κ1) is 29.0. The number of methoxy groups -OCH3 is 1. The maximum atomic E-state index is 13.0. The fourth-order valence-electron chi connectivity index (χ4n) is 3.74. The topological polar surface area (TPSA) is 115 Å². The molecule has 0 saturated carbocycles. The normalized spacial score (nSPS) is 10.9. The van der Waals surface area contributed by atoms with Gasteiger partial charge in [0.05, 0.1) is 17.6 Å². The van der Waals surface area contributed by atoms with Crippen molar-refractivity contribution in [3.63, 3.8) is 0 Å². The molecule has 0 aliphatic heterocycles. The predicted octanol–water partition coefficient (Wildman–Crippen LogP) is 5.89. The minimum Gasteiger partial charge on any atom is -0.496 e. The van der Waals surface area contributed by atoms with E-state index in [1.54, 1.807) is 46.3 Å². The number of benzene rings is 2. The Labute approximate surface area is 232 Å². The van der Waals surface area contributed by atoms with E-state index in [2.05, 4.69) is 19.2 Å². The van der Waals surface area contributed by atoms with Crippen molar-refractivity contribution in [1.82, 2.24) is 4.90 Å². The van der Waals surface area contributed by atoms with Crippen LogP contribution in [0.3, 0.4) is 0 Å². The van der Waals surface area contributed by atoms with Crippen LogP contribution in [-0.2, 0) is 11.4 Å². The van der Waals surface area contributed by atoms with E-state index in [-0.39, 0.29) is 28.7 Å². The molecular formula is C30H30N4O4S. The van der Waals surface area contributed by atoms with Crippen molar-refractivity contribution in [3.05, 3.63) is 80.7 Å². The second kappa shape index (κ2) is 12.8. The van der Waals surface area contributed by atoms with Gasteiger partial charge >= 0.3 is 0 Å². The molecule has 9 heteroatoms. The van der Waals surface area contributed by atoms with E-state index in [1.165, 1.54) is 16.5 Å². The fraction of sp³-hybridized carbons (Fsp3) is 0.267. The third-order valence-corrected chi connectivity index (χ3v) is 7.20. The summed E-state index contributed by atoms with van der Waals surface area (Å²) in [7, 11) is 4.78. The molecule has 39 heavy (non-hydrogen) atoms. The number of amides is 2. The Bertz CT molecular complexity index is 1490. The van der Waals surface area contributed by atoms with E-state index in [1.807, 2.05) is 36.4 Å². The molecule has 3 rings (SSSR count). The largest absolute Gasteiger partial charge is 0.496 e. The van der Waals surface area contributed by atoms with Gasteiger partial charge in [-0.15, -0.1) is 11.3 Å². The van der Waals surface area contributed by atoms with Crippen molar-refractivity contribution in [2.75, 3.05) is 26.5 Å². The smallest absolute Gasteiger partial charge is 0.266 e. The van der Waals surface area contributed by atoms with Crippen LogP contribution < -0.4 is 14.8 Å². The first-order chi connectivity index (χ1) is 18.6. The summed E-state index contributed by atoms with van der Waals surface area (Å²) in [6.07, 6.45) is 1.45. The highest BCUT2D eigenvalue weighted by Crippen LogP contribution is 2.33. The zero-order valence-corrected chi connectivity index (χ0v) is 23.6. The average Bonchev–Trinajstić information content (AvgIpc) is 3.24. The highest BCUT2D eigenvalue weighted by Gasteiger charge is 2.23. The minimum absolute atomic E-state index is 0.160. The van der Waals surface area contributed by atoms with E-state index in [9.17, 15) is 20.1 Å². The molecule has 0 aliphatic rings. The molecule has 0 unspecified atom stereocenters. The van der Waals surface area contributed by atoms with Crippen LogP contribution in [-0.4, -0.2) is 37.9 Å². The Kier molecular flexibility index (Phi) is 9.48. The van der Waals surface area contributed by atoms with Crippen LogP contribution in [0.2, 0.25) is 0 Å². The monoisotopic (exact) mass is 542 g/mol. The maximum absolute atomic E-state index is 13.0. The van der Waals surface area contributed by atoms with Gasteiger partial charge in [0.2, 0.25) is 0 Å². The maximum Gasteiger partial charge on any atom is 0.266 e. The molecule has 0 atom stereocenters. The van der Waals surface area contributed by atoms with E-state index in [4.69, 9.17) is 9.47 Å². The average molecular weight is 543 g/mol. The van der Waals surface area contributed by atoms with Crippen molar-refractivity contribution in [3.8, 4) is 23.6 Å². The molecule has 3 aromatic rings. The minimum atomic E-state index is -0.682. The van der Waals surface area contributed by atoms with Crippen LogP contribution in [0.5, 0.6) is 11.5 Å². The number of hydrogen-bond acceptors (Lipinski definition) is 7. The van der Waals surface area contributed by atoms with Crippen molar-refractivity contribution < 1.29 is 19.1 Å². The van der Waals surface area contributed by atoms with Crippen LogP contribution >= 0.6 is 11.3 Å². The Morgan fingerprint density at radius 2 is 1.82 bits per heavy atom. The number of thiophene rings is 1. The summed E-state index contributed by atoms with van der Waals surface area (Å²) in [5, 5.41) is 22.2. The number of carbonyl (C=O) groups excluding carboxylic acids is 2. The van der Waals surface area contributed by atoms with Crippen molar-refractivity contribution in [1.29, 1.82) is 10.5 Å². The van der Waals surface area contributed by atoms with E-state index in [0.29, 0.717) is 33.4 Å². The molecule has 1 aromatic heterocycles. The highest BCUT2D eigenvalue weighted by molar-refractivity contribution is 7.18. The molecule has 1 heterocycles. The molecule has 0 spiro atoms. The summed E-state index contributed by atoms with van der Waals surface area (Å²) in [6.45, 7) is 6.14. The van der Waals surface area contributed by atoms with Gasteiger partial charge in [-0.05, 0) is 59.9 Å². The lowest BCUT2D eigenvalue weighted by Gasteiger charge is -2.12. The molecular weight excluding hydrogens is 512 g/mol. The standard InChI is InChI=1S/C30H30N4O4S/c1-18(2)21-8-10-24(11-9-21)38-17-23-14-20(7-12-26(23)37-6)13-22(15-31)28(35)33-29-25(16-32)19(3)27(39-29)30(36)34(4)5/h7-14,18H,17H2,1-6H3,(H,33,35). The van der Waals surface area contributed by atoms with Gasteiger partial charge in [-0.25, -0.2) is 0 Å². The van der Waals surface area contributed by atoms with Crippen molar-refractivity contribution in [2.45, 2.75) is 33.3 Å². The third kappa shape index (κ3) is 6.84. The summed E-state index contributed by atoms with van der Waals surface area (Å²) < 4.78 is 11.4. The number of carbonyl (C=O) groups is 2. The van der Waals surface area contributed by atoms with Crippen LogP contribution in [0.4, 0.5) is 5.00 Å². The lowest BCUT2D eigenvalue weighted by atomic mass is 10.0. The molecule has 2 aromatic carbocycles. The van der Waals surface area contributed by atoms with Crippen molar-refractivity contribution >= 4 is 34.2 Å².